The molecule has 0 bridgehead atoms. The van der Waals surface area contributed by atoms with Gasteiger partial charge in [0.25, 0.3) is 5.91 Å². The lowest BCUT2D eigenvalue weighted by Gasteiger charge is -2.14. The van der Waals surface area contributed by atoms with E-state index in [1.807, 2.05) is 37.6 Å². The minimum atomic E-state index is -0.208. The third kappa shape index (κ3) is 4.29. The molecule has 0 saturated heterocycles. The highest BCUT2D eigenvalue weighted by Gasteiger charge is 2.16. The van der Waals surface area contributed by atoms with Crippen LogP contribution in [0.2, 0.25) is 0 Å². The Kier molecular flexibility index (Phi) is 6.10. The number of amides is 1. The third-order valence-corrected chi connectivity index (χ3v) is 4.74. The van der Waals surface area contributed by atoms with Gasteiger partial charge in [-0.1, -0.05) is 0 Å². The fraction of sp³-hybridized carbons (Fsp3) is 0.263. The van der Waals surface area contributed by atoms with Gasteiger partial charge in [0.05, 0.1) is 12.3 Å². The van der Waals surface area contributed by atoms with E-state index in [0.717, 1.165) is 11.3 Å². The average molecular weight is 386 g/mol. The number of nitrogens with one attached hydrogen (secondary N) is 1. The minimum absolute atomic E-state index is 0.208. The van der Waals surface area contributed by atoms with E-state index in [9.17, 15) is 4.79 Å². The van der Waals surface area contributed by atoms with Crippen LogP contribution in [0.15, 0.2) is 41.9 Å². The zero-order chi connectivity index (χ0) is 19.2. The van der Waals surface area contributed by atoms with E-state index in [4.69, 9.17) is 15.2 Å². The molecule has 0 aliphatic carbocycles. The highest BCUT2D eigenvalue weighted by Crippen LogP contribution is 2.33. The van der Waals surface area contributed by atoms with Gasteiger partial charge in [-0.3, -0.25) is 9.48 Å². The van der Waals surface area contributed by atoms with Crippen LogP contribution in [0.4, 0.5) is 5.69 Å². The first-order chi connectivity index (χ1) is 13.1. The number of aromatic nitrogens is 2. The summed E-state index contributed by atoms with van der Waals surface area (Å²) in [5, 5.41) is 8.98. The van der Waals surface area contributed by atoms with Crippen LogP contribution in [0.5, 0.6) is 11.5 Å². The van der Waals surface area contributed by atoms with Crippen LogP contribution in [0.25, 0.3) is 11.3 Å². The standard InChI is InChI=1S/C19H22N4O3S/c1-3-25-17-7-11-27-18(17)19(24)22-13-4-5-16(26-10-8-20)14(12-13)15-6-9-21-23(15)2/h4-7,9,11-12H,3,8,10,20H2,1-2H3,(H,22,24). The Bertz CT molecular complexity index is 919. The zero-order valence-electron chi connectivity index (χ0n) is 15.3. The summed E-state index contributed by atoms with van der Waals surface area (Å²) in [6.45, 7) is 3.22. The summed E-state index contributed by atoms with van der Waals surface area (Å²) >= 11 is 1.35. The molecule has 0 aliphatic rings. The Balaban J connectivity index is 1.89. The summed E-state index contributed by atoms with van der Waals surface area (Å²) in [4.78, 5) is 13.2. The molecular formula is C19H22N4O3S. The van der Waals surface area contributed by atoms with Gasteiger partial charge >= 0.3 is 0 Å². The second-order valence-corrected chi connectivity index (χ2v) is 6.61. The molecule has 0 saturated carbocycles. The number of rotatable bonds is 8. The van der Waals surface area contributed by atoms with Gasteiger partial charge in [-0.25, -0.2) is 0 Å². The van der Waals surface area contributed by atoms with Gasteiger partial charge in [-0.05, 0) is 42.6 Å². The number of nitrogens with two attached hydrogens (primary N) is 1. The fourth-order valence-electron chi connectivity index (χ4n) is 2.66. The van der Waals surface area contributed by atoms with Gasteiger partial charge in [0.2, 0.25) is 0 Å². The van der Waals surface area contributed by atoms with E-state index in [1.165, 1.54) is 11.3 Å². The van der Waals surface area contributed by atoms with E-state index in [1.54, 1.807) is 23.0 Å². The molecule has 3 aromatic rings. The molecule has 0 aliphatic heterocycles. The molecule has 1 amide bonds. The van der Waals surface area contributed by atoms with E-state index in [0.29, 0.717) is 41.8 Å². The SMILES string of the molecule is CCOc1ccsc1C(=O)Nc1ccc(OCCN)c(-c2ccnn2C)c1. The number of hydrogen-bond donors (Lipinski definition) is 2. The number of hydrogen-bond acceptors (Lipinski definition) is 6. The Morgan fingerprint density at radius 3 is 2.81 bits per heavy atom. The van der Waals surface area contributed by atoms with Crippen LogP contribution in [0.1, 0.15) is 16.6 Å². The number of benzene rings is 1. The average Bonchev–Trinajstić information content (AvgIpc) is 3.30. The van der Waals surface area contributed by atoms with Gasteiger partial charge in [-0.15, -0.1) is 11.3 Å². The first kappa shape index (κ1) is 18.9. The van der Waals surface area contributed by atoms with Gasteiger partial charge < -0.3 is 20.5 Å². The molecule has 2 heterocycles. The van der Waals surface area contributed by atoms with Crippen LogP contribution in [-0.2, 0) is 7.05 Å². The highest BCUT2D eigenvalue weighted by molar-refractivity contribution is 7.12. The maximum absolute atomic E-state index is 12.6. The van der Waals surface area contributed by atoms with Crippen LogP contribution >= 0.6 is 11.3 Å². The predicted molar refractivity (Wildman–Crippen MR) is 107 cm³/mol. The molecule has 0 unspecified atom stereocenters. The summed E-state index contributed by atoms with van der Waals surface area (Å²) in [5.41, 5.74) is 7.92. The summed E-state index contributed by atoms with van der Waals surface area (Å²) in [6, 6.07) is 9.19. The number of nitrogens with zero attached hydrogens (tertiary/aromatic N) is 2. The van der Waals surface area contributed by atoms with Crippen LogP contribution in [0, 0.1) is 0 Å². The van der Waals surface area contributed by atoms with Crippen molar-refractivity contribution in [1.29, 1.82) is 0 Å². The Morgan fingerprint density at radius 1 is 1.26 bits per heavy atom. The van der Waals surface area contributed by atoms with Gasteiger partial charge in [0.1, 0.15) is 23.0 Å². The summed E-state index contributed by atoms with van der Waals surface area (Å²) < 4.78 is 13.0. The topological polar surface area (TPSA) is 91.4 Å². The molecule has 0 spiro atoms. The van der Waals surface area contributed by atoms with Crippen molar-refractivity contribution in [1.82, 2.24) is 9.78 Å². The van der Waals surface area contributed by atoms with Crippen molar-refractivity contribution in [2.24, 2.45) is 12.8 Å². The van der Waals surface area contributed by atoms with E-state index in [2.05, 4.69) is 10.4 Å². The molecule has 3 N–H and O–H groups in total. The molecule has 7 nitrogen and oxygen atoms in total. The lowest BCUT2D eigenvalue weighted by atomic mass is 10.1. The Morgan fingerprint density at radius 2 is 2.11 bits per heavy atom. The zero-order valence-corrected chi connectivity index (χ0v) is 16.1. The molecule has 0 atom stereocenters. The van der Waals surface area contributed by atoms with Gasteiger partial charge in [-0.2, -0.15) is 5.10 Å². The second kappa shape index (κ2) is 8.70. The molecule has 3 rings (SSSR count). The van der Waals surface area contributed by atoms with E-state index < -0.39 is 0 Å². The fourth-order valence-corrected chi connectivity index (χ4v) is 3.39. The molecule has 1 aromatic carbocycles. The number of ether oxygens (including phenoxy) is 2. The predicted octanol–water partition coefficient (Wildman–Crippen LogP) is 3.14. The van der Waals surface area contributed by atoms with Crippen LogP contribution in [-0.4, -0.2) is 35.4 Å². The van der Waals surface area contributed by atoms with Crippen molar-refractivity contribution >= 4 is 22.9 Å². The highest BCUT2D eigenvalue weighted by atomic mass is 32.1. The minimum Gasteiger partial charge on any atom is -0.492 e. The maximum Gasteiger partial charge on any atom is 0.269 e. The smallest absolute Gasteiger partial charge is 0.269 e. The quantitative estimate of drug-likeness (QED) is 0.621. The Labute approximate surface area is 161 Å². The van der Waals surface area contributed by atoms with Crippen molar-refractivity contribution < 1.29 is 14.3 Å². The number of thiophene rings is 1. The van der Waals surface area contributed by atoms with Gasteiger partial charge in [0, 0.05) is 31.0 Å². The van der Waals surface area contributed by atoms with Crippen LogP contribution in [0.3, 0.4) is 0 Å². The third-order valence-electron chi connectivity index (χ3n) is 3.84. The molecule has 2 aromatic heterocycles. The summed E-state index contributed by atoms with van der Waals surface area (Å²) in [7, 11) is 1.85. The number of anilines is 1. The Hall–Kier alpha value is -2.84. The lowest BCUT2D eigenvalue weighted by Crippen LogP contribution is -2.13. The second-order valence-electron chi connectivity index (χ2n) is 5.69. The lowest BCUT2D eigenvalue weighted by molar-refractivity contribution is 0.102. The molecule has 8 heteroatoms. The summed E-state index contributed by atoms with van der Waals surface area (Å²) in [5.74, 6) is 1.07. The van der Waals surface area contributed by atoms with Crippen molar-refractivity contribution in [3.8, 4) is 22.8 Å². The normalized spacial score (nSPS) is 10.6. The monoisotopic (exact) mass is 386 g/mol. The maximum atomic E-state index is 12.6. The number of carbonyl (C=O) groups excluding carboxylic acids is 1. The molecule has 0 fully saturated rings. The van der Waals surface area contributed by atoms with E-state index >= 15 is 0 Å². The van der Waals surface area contributed by atoms with Crippen molar-refractivity contribution in [3.63, 3.8) is 0 Å². The summed E-state index contributed by atoms with van der Waals surface area (Å²) in [6.07, 6.45) is 1.72. The van der Waals surface area contributed by atoms with Gasteiger partial charge in [0.15, 0.2) is 0 Å². The number of carbonyl (C=O) groups is 1. The largest absolute Gasteiger partial charge is 0.492 e. The molecular weight excluding hydrogens is 364 g/mol. The van der Waals surface area contributed by atoms with Crippen molar-refractivity contribution in [2.75, 3.05) is 25.1 Å². The first-order valence-electron chi connectivity index (χ1n) is 8.61. The molecule has 27 heavy (non-hydrogen) atoms. The molecule has 142 valence electrons. The van der Waals surface area contributed by atoms with Crippen LogP contribution < -0.4 is 20.5 Å². The number of aryl methyl sites for hydroxylation is 1. The first-order valence-corrected chi connectivity index (χ1v) is 9.49. The van der Waals surface area contributed by atoms with Crippen molar-refractivity contribution in [3.05, 3.63) is 46.8 Å². The van der Waals surface area contributed by atoms with E-state index in [-0.39, 0.29) is 5.91 Å². The molecule has 0 radical (unpaired) electrons. The van der Waals surface area contributed by atoms with Crippen molar-refractivity contribution in [2.45, 2.75) is 6.92 Å².